The zero-order valence-electron chi connectivity index (χ0n) is 10.8. The van der Waals surface area contributed by atoms with E-state index >= 15 is 0 Å². The maximum atomic E-state index is 5.71. The summed E-state index contributed by atoms with van der Waals surface area (Å²) in [5.74, 6) is 0.200. The van der Waals surface area contributed by atoms with Crippen LogP contribution in [0, 0.1) is 6.92 Å². The standard InChI is InChI=1S/C13H19NO4/c1-11-9-14-5-3-12(11)16-6-4-13(10-15-2)17-7-8-18-13/h3,5,9H,4,6-8,10H2,1-2H3. The second-order valence-electron chi connectivity index (χ2n) is 4.28. The maximum Gasteiger partial charge on any atom is 0.195 e. The highest BCUT2D eigenvalue weighted by Crippen LogP contribution is 2.24. The third kappa shape index (κ3) is 3.19. The molecule has 0 aromatic carbocycles. The van der Waals surface area contributed by atoms with Crippen LogP contribution in [-0.2, 0) is 14.2 Å². The highest BCUT2D eigenvalue weighted by atomic mass is 16.8. The van der Waals surface area contributed by atoms with Crippen LogP contribution in [0.1, 0.15) is 12.0 Å². The molecule has 0 N–H and O–H groups in total. The van der Waals surface area contributed by atoms with Crippen LogP contribution >= 0.6 is 0 Å². The minimum Gasteiger partial charge on any atom is -0.493 e. The van der Waals surface area contributed by atoms with E-state index in [1.165, 1.54) is 0 Å². The summed E-state index contributed by atoms with van der Waals surface area (Å²) in [6.45, 7) is 4.13. The quantitative estimate of drug-likeness (QED) is 0.770. The number of aromatic nitrogens is 1. The molecular weight excluding hydrogens is 234 g/mol. The first-order valence-corrected chi connectivity index (χ1v) is 6.06. The molecule has 2 heterocycles. The molecule has 2 rings (SSSR count). The van der Waals surface area contributed by atoms with Gasteiger partial charge in [-0.3, -0.25) is 4.98 Å². The van der Waals surface area contributed by atoms with Crippen LogP contribution < -0.4 is 4.74 Å². The Bertz CT molecular complexity index is 377. The number of methoxy groups -OCH3 is 1. The van der Waals surface area contributed by atoms with Gasteiger partial charge in [0.25, 0.3) is 0 Å². The van der Waals surface area contributed by atoms with Crippen LogP contribution in [-0.4, -0.2) is 44.3 Å². The van der Waals surface area contributed by atoms with E-state index in [2.05, 4.69) is 4.98 Å². The van der Waals surface area contributed by atoms with Crippen LogP contribution in [0.3, 0.4) is 0 Å². The minimum absolute atomic E-state index is 0.422. The molecule has 0 atom stereocenters. The molecule has 1 aromatic heterocycles. The molecule has 0 saturated carbocycles. The molecule has 0 radical (unpaired) electrons. The summed E-state index contributed by atoms with van der Waals surface area (Å²) < 4.78 is 22.1. The molecule has 0 amide bonds. The molecule has 5 nitrogen and oxygen atoms in total. The smallest absolute Gasteiger partial charge is 0.195 e. The molecule has 0 spiro atoms. The van der Waals surface area contributed by atoms with Crippen LogP contribution in [0.5, 0.6) is 5.75 Å². The van der Waals surface area contributed by atoms with Gasteiger partial charge in [-0.05, 0) is 13.0 Å². The molecule has 0 aliphatic carbocycles. The van der Waals surface area contributed by atoms with E-state index in [1.807, 2.05) is 13.0 Å². The Morgan fingerprint density at radius 3 is 2.83 bits per heavy atom. The second-order valence-corrected chi connectivity index (χ2v) is 4.28. The molecule has 1 saturated heterocycles. The number of nitrogens with zero attached hydrogens (tertiary/aromatic N) is 1. The first kappa shape index (κ1) is 13.3. The summed E-state index contributed by atoms with van der Waals surface area (Å²) in [7, 11) is 1.64. The number of hydrogen-bond acceptors (Lipinski definition) is 5. The minimum atomic E-state index is -0.643. The highest BCUT2D eigenvalue weighted by Gasteiger charge is 2.36. The molecule has 1 aliphatic rings. The lowest BCUT2D eigenvalue weighted by molar-refractivity contribution is -0.195. The fourth-order valence-corrected chi connectivity index (χ4v) is 1.96. The molecule has 1 aliphatic heterocycles. The van der Waals surface area contributed by atoms with Crippen LogP contribution in [0.4, 0.5) is 0 Å². The van der Waals surface area contributed by atoms with Gasteiger partial charge < -0.3 is 18.9 Å². The number of hydrogen-bond donors (Lipinski definition) is 0. The van der Waals surface area contributed by atoms with E-state index in [4.69, 9.17) is 18.9 Å². The monoisotopic (exact) mass is 253 g/mol. The first-order valence-electron chi connectivity index (χ1n) is 6.06. The largest absolute Gasteiger partial charge is 0.493 e. The molecule has 5 heteroatoms. The Labute approximate surface area is 107 Å². The van der Waals surface area contributed by atoms with Crippen molar-refractivity contribution in [2.24, 2.45) is 0 Å². The van der Waals surface area contributed by atoms with E-state index in [1.54, 1.807) is 19.5 Å². The van der Waals surface area contributed by atoms with Crippen molar-refractivity contribution in [3.63, 3.8) is 0 Å². The van der Waals surface area contributed by atoms with E-state index in [-0.39, 0.29) is 0 Å². The molecule has 1 aromatic rings. The van der Waals surface area contributed by atoms with Crippen LogP contribution in [0.15, 0.2) is 18.5 Å². The topological polar surface area (TPSA) is 49.8 Å². The van der Waals surface area contributed by atoms with E-state index < -0.39 is 5.79 Å². The summed E-state index contributed by atoms with van der Waals surface area (Å²) in [4.78, 5) is 4.02. The lowest BCUT2D eigenvalue weighted by Gasteiger charge is -2.26. The fourth-order valence-electron chi connectivity index (χ4n) is 1.96. The number of pyridine rings is 1. The van der Waals surface area contributed by atoms with Crippen molar-refractivity contribution in [1.29, 1.82) is 0 Å². The maximum absolute atomic E-state index is 5.71. The predicted octanol–water partition coefficient (Wildman–Crippen LogP) is 1.55. The summed E-state index contributed by atoms with van der Waals surface area (Å²) in [6, 6.07) is 1.86. The van der Waals surface area contributed by atoms with Gasteiger partial charge >= 0.3 is 0 Å². The zero-order valence-corrected chi connectivity index (χ0v) is 10.8. The van der Waals surface area contributed by atoms with Gasteiger partial charge in [-0.2, -0.15) is 0 Å². The summed E-state index contributed by atoms with van der Waals surface area (Å²) in [5.41, 5.74) is 1.02. The Balaban J connectivity index is 1.85. The summed E-state index contributed by atoms with van der Waals surface area (Å²) in [6.07, 6.45) is 4.14. The number of rotatable bonds is 6. The molecule has 1 fully saturated rings. The van der Waals surface area contributed by atoms with Gasteiger partial charge in [0.1, 0.15) is 12.4 Å². The Morgan fingerprint density at radius 2 is 2.17 bits per heavy atom. The highest BCUT2D eigenvalue weighted by molar-refractivity contribution is 5.28. The molecule has 0 bridgehead atoms. The lowest BCUT2D eigenvalue weighted by Crippen LogP contribution is -2.37. The summed E-state index contributed by atoms with van der Waals surface area (Å²) >= 11 is 0. The van der Waals surface area contributed by atoms with Gasteiger partial charge in [-0.1, -0.05) is 0 Å². The summed E-state index contributed by atoms with van der Waals surface area (Å²) in [5, 5.41) is 0. The number of aryl methyl sites for hydroxylation is 1. The van der Waals surface area contributed by atoms with Crippen molar-refractivity contribution in [3.05, 3.63) is 24.0 Å². The fraction of sp³-hybridized carbons (Fsp3) is 0.615. The predicted molar refractivity (Wildman–Crippen MR) is 65.6 cm³/mol. The van der Waals surface area contributed by atoms with Crippen molar-refractivity contribution in [2.75, 3.05) is 33.5 Å². The second kappa shape index (κ2) is 6.13. The van der Waals surface area contributed by atoms with E-state index in [9.17, 15) is 0 Å². The van der Waals surface area contributed by atoms with Gasteiger partial charge in [0.05, 0.1) is 19.8 Å². The third-order valence-corrected chi connectivity index (χ3v) is 2.89. The SMILES string of the molecule is COCC1(CCOc2ccncc2C)OCCO1. The zero-order chi connectivity index (χ0) is 12.8. The number of ether oxygens (including phenoxy) is 4. The Morgan fingerprint density at radius 1 is 1.39 bits per heavy atom. The average molecular weight is 253 g/mol. The lowest BCUT2D eigenvalue weighted by atomic mass is 10.2. The van der Waals surface area contributed by atoms with Gasteiger partial charge in [-0.25, -0.2) is 0 Å². The van der Waals surface area contributed by atoms with Crippen molar-refractivity contribution in [3.8, 4) is 5.75 Å². The third-order valence-electron chi connectivity index (χ3n) is 2.89. The molecule has 18 heavy (non-hydrogen) atoms. The normalized spacial score (nSPS) is 17.9. The molecular formula is C13H19NO4. The Hall–Kier alpha value is -1.17. The molecule has 0 unspecified atom stereocenters. The van der Waals surface area contributed by atoms with Crippen LogP contribution in [0.25, 0.3) is 0 Å². The molecule has 100 valence electrons. The van der Waals surface area contributed by atoms with Gasteiger partial charge in [-0.15, -0.1) is 0 Å². The van der Waals surface area contributed by atoms with Gasteiger partial charge in [0.15, 0.2) is 5.79 Å². The van der Waals surface area contributed by atoms with Gasteiger partial charge in [0.2, 0.25) is 0 Å². The van der Waals surface area contributed by atoms with E-state index in [0.29, 0.717) is 32.8 Å². The first-order chi connectivity index (χ1) is 8.76. The van der Waals surface area contributed by atoms with Gasteiger partial charge in [0, 0.05) is 31.5 Å². The van der Waals surface area contributed by atoms with Crippen LogP contribution in [0.2, 0.25) is 0 Å². The van der Waals surface area contributed by atoms with Crippen molar-refractivity contribution >= 4 is 0 Å². The van der Waals surface area contributed by atoms with Crippen molar-refractivity contribution in [1.82, 2.24) is 4.98 Å². The van der Waals surface area contributed by atoms with Crippen molar-refractivity contribution < 1.29 is 18.9 Å². The van der Waals surface area contributed by atoms with Crippen molar-refractivity contribution in [2.45, 2.75) is 19.1 Å². The Kier molecular flexibility index (Phi) is 4.52. The van der Waals surface area contributed by atoms with E-state index in [0.717, 1.165) is 11.3 Å². The average Bonchev–Trinajstić information content (AvgIpc) is 2.81.